The van der Waals surface area contributed by atoms with Crippen molar-refractivity contribution in [2.45, 2.75) is 44.3 Å². The van der Waals surface area contributed by atoms with Gasteiger partial charge >= 0.3 is 0 Å². The highest BCUT2D eigenvalue weighted by Crippen LogP contribution is 2.21. The number of hydrogen-bond acceptors (Lipinski definition) is 4. The van der Waals surface area contributed by atoms with Crippen molar-refractivity contribution < 1.29 is 4.79 Å². The Balaban J connectivity index is 1.50. The molecule has 0 aliphatic heterocycles. The zero-order valence-electron chi connectivity index (χ0n) is 18.2. The molecule has 0 spiro atoms. The molecule has 4 rings (SSSR count). The van der Waals surface area contributed by atoms with Gasteiger partial charge in [-0.2, -0.15) is 0 Å². The Morgan fingerprint density at radius 3 is 2.59 bits per heavy atom. The van der Waals surface area contributed by atoms with Crippen molar-refractivity contribution in [3.8, 4) is 0 Å². The molecule has 0 saturated carbocycles. The van der Waals surface area contributed by atoms with E-state index in [1.54, 1.807) is 4.57 Å². The Kier molecular flexibility index (Phi) is 7.22. The van der Waals surface area contributed by atoms with Gasteiger partial charge in [0.15, 0.2) is 5.16 Å². The molecule has 164 valence electrons. The zero-order chi connectivity index (χ0) is 22.3. The summed E-state index contributed by atoms with van der Waals surface area (Å²) in [6.45, 7) is 2.78. The number of anilines is 1. The number of carbonyl (C=O) groups excluding carboxylic acids is 1. The quantitative estimate of drug-likeness (QED) is 0.199. The van der Waals surface area contributed by atoms with Crippen molar-refractivity contribution in [2.75, 3.05) is 11.1 Å². The van der Waals surface area contributed by atoms with Crippen molar-refractivity contribution in [3.63, 3.8) is 0 Å². The summed E-state index contributed by atoms with van der Waals surface area (Å²) in [5.74, 6) is 0.0669. The van der Waals surface area contributed by atoms with Crippen LogP contribution in [0.15, 0.2) is 76.7 Å². The van der Waals surface area contributed by atoms with Crippen LogP contribution in [0, 0.1) is 0 Å². The van der Waals surface area contributed by atoms with Gasteiger partial charge in [0.05, 0.1) is 16.7 Å². The molecule has 0 aliphatic rings. The fraction of sp³-hybridized carbons (Fsp3) is 0.269. The molecule has 1 aromatic heterocycles. The van der Waals surface area contributed by atoms with Gasteiger partial charge in [-0.15, -0.1) is 0 Å². The third kappa shape index (κ3) is 5.19. The van der Waals surface area contributed by atoms with Crippen LogP contribution in [-0.4, -0.2) is 21.2 Å². The van der Waals surface area contributed by atoms with Crippen molar-refractivity contribution in [1.82, 2.24) is 9.55 Å². The van der Waals surface area contributed by atoms with Gasteiger partial charge in [-0.3, -0.25) is 14.2 Å². The summed E-state index contributed by atoms with van der Waals surface area (Å²) >= 11 is 1.31. The van der Waals surface area contributed by atoms with E-state index < -0.39 is 0 Å². The lowest BCUT2D eigenvalue weighted by molar-refractivity contribution is -0.113. The van der Waals surface area contributed by atoms with Crippen LogP contribution in [0.4, 0.5) is 5.69 Å². The monoisotopic (exact) mass is 445 g/mol. The fourth-order valence-electron chi connectivity index (χ4n) is 3.75. The van der Waals surface area contributed by atoms with Crippen LogP contribution in [0.5, 0.6) is 0 Å². The number of nitrogens with one attached hydrogen (secondary N) is 1. The number of aromatic nitrogens is 2. The number of thioether (sulfide) groups is 1. The predicted octanol–water partition coefficient (Wildman–Crippen LogP) is 5.86. The van der Waals surface area contributed by atoms with Crippen molar-refractivity contribution in [3.05, 3.63) is 77.1 Å². The number of amides is 1. The van der Waals surface area contributed by atoms with Gasteiger partial charge in [-0.25, -0.2) is 4.98 Å². The second-order valence-corrected chi connectivity index (χ2v) is 8.77. The van der Waals surface area contributed by atoms with Gasteiger partial charge in [-0.1, -0.05) is 80.4 Å². The second-order valence-electron chi connectivity index (χ2n) is 7.83. The van der Waals surface area contributed by atoms with E-state index in [0.717, 1.165) is 42.1 Å². The predicted molar refractivity (Wildman–Crippen MR) is 133 cm³/mol. The number of fused-ring (bicyclic) bond motifs is 2. The number of rotatable bonds is 9. The van der Waals surface area contributed by atoms with E-state index in [4.69, 9.17) is 4.98 Å². The van der Waals surface area contributed by atoms with Crippen molar-refractivity contribution in [1.29, 1.82) is 0 Å². The Labute approximate surface area is 191 Å². The normalized spacial score (nSPS) is 11.2. The van der Waals surface area contributed by atoms with E-state index in [2.05, 4.69) is 12.2 Å². The molecule has 1 amide bonds. The Bertz CT molecular complexity index is 1300. The van der Waals surface area contributed by atoms with Crippen LogP contribution >= 0.6 is 11.8 Å². The molecule has 32 heavy (non-hydrogen) atoms. The minimum absolute atomic E-state index is 0.0375. The van der Waals surface area contributed by atoms with Gasteiger partial charge in [0, 0.05) is 12.2 Å². The van der Waals surface area contributed by atoms with Crippen molar-refractivity contribution in [2.24, 2.45) is 0 Å². The number of nitrogens with zero attached hydrogens (tertiary/aromatic N) is 2. The van der Waals surface area contributed by atoms with Gasteiger partial charge in [0.2, 0.25) is 5.91 Å². The van der Waals surface area contributed by atoms with E-state index in [-0.39, 0.29) is 17.2 Å². The lowest BCUT2D eigenvalue weighted by Crippen LogP contribution is -2.24. The third-order valence-corrected chi connectivity index (χ3v) is 6.40. The molecule has 1 heterocycles. The summed E-state index contributed by atoms with van der Waals surface area (Å²) < 4.78 is 1.73. The van der Waals surface area contributed by atoms with Crippen LogP contribution in [-0.2, 0) is 11.3 Å². The maximum Gasteiger partial charge on any atom is 0.262 e. The van der Waals surface area contributed by atoms with Gasteiger partial charge in [0.25, 0.3) is 5.56 Å². The lowest BCUT2D eigenvalue weighted by Gasteiger charge is -2.13. The average Bonchev–Trinajstić information content (AvgIpc) is 2.82. The molecule has 0 saturated heterocycles. The van der Waals surface area contributed by atoms with Crippen LogP contribution in [0.1, 0.15) is 32.6 Å². The smallest absolute Gasteiger partial charge is 0.262 e. The summed E-state index contributed by atoms with van der Waals surface area (Å²) in [6.07, 6.45) is 4.28. The SMILES string of the molecule is CCCCCCn1c(SCC(=O)Nc2ccc3ccccc3c2)nc2ccccc2c1=O. The lowest BCUT2D eigenvalue weighted by atomic mass is 10.1. The van der Waals surface area contributed by atoms with E-state index in [1.807, 2.05) is 66.7 Å². The summed E-state index contributed by atoms with van der Waals surface area (Å²) in [5, 5.41) is 6.39. The number of hydrogen-bond donors (Lipinski definition) is 1. The Morgan fingerprint density at radius 1 is 0.969 bits per heavy atom. The molecule has 0 bridgehead atoms. The molecular formula is C26H27N3O2S. The van der Waals surface area contributed by atoms with E-state index >= 15 is 0 Å². The topological polar surface area (TPSA) is 64.0 Å². The Hall–Kier alpha value is -3.12. The minimum atomic E-state index is -0.120. The average molecular weight is 446 g/mol. The molecule has 4 aromatic rings. The van der Waals surface area contributed by atoms with Gasteiger partial charge < -0.3 is 5.32 Å². The van der Waals surface area contributed by atoms with Crippen molar-refractivity contribution >= 4 is 45.0 Å². The van der Waals surface area contributed by atoms with E-state index in [1.165, 1.54) is 11.8 Å². The fourth-order valence-corrected chi connectivity index (χ4v) is 4.57. The van der Waals surface area contributed by atoms with Crippen LogP contribution < -0.4 is 10.9 Å². The summed E-state index contributed by atoms with van der Waals surface area (Å²) in [7, 11) is 0. The van der Waals surface area contributed by atoms with E-state index in [0.29, 0.717) is 22.6 Å². The number of carbonyl (C=O) groups is 1. The second kappa shape index (κ2) is 10.5. The van der Waals surface area contributed by atoms with Crippen LogP contribution in [0.25, 0.3) is 21.7 Å². The number of unbranched alkanes of at least 4 members (excludes halogenated alkanes) is 3. The third-order valence-electron chi connectivity index (χ3n) is 5.43. The molecule has 0 aliphatic carbocycles. The molecule has 0 atom stereocenters. The van der Waals surface area contributed by atoms with Crippen LogP contribution in [0.3, 0.4) is 0 Å². The Morgan fingerprint density at radius 2 is 1.75 bits per heavy atom. The molecule has 6 heteroatoms. The maximum absolute atomic E-state index is 13.1. The molecule has 3 aromatic carbocycles. The first-order valence-corrected chi connectivity index (χ1v) is 12.1. The van der Waals surface area contributed by atoms with Gasteiger partial charge in [-0.05, 0) is 41.5 Å². The maximum atomic E-state index is 13.1. The van der Waals surface area contributed by atoms with Gasteiger partial charge in [0.1, 0.15) is 0 Å². The molecule has 0 fully saturated rings. The highest BCUT2D eigenvalue weighted by atomic mass is 32.2. The molecule has 0 radical (unpaired) electrons. The highest BCUT2D eigenvalue weighted by Gasteiger charge is 2.13. The number of benzene rings is 3. The zero-order valence-corrected chi connectivity index (χ0v) is 19.0. The minimum Gasteiger partial charge on any atom is -0.325 e. The first-order chi connectivity index (χ1) is 15.7. The summed E-state index contributed by atoms with van der Waals surface area (Å²) in [5.41, 5.74) is 1.39. The highest BCUT2D eigenvalue weighted by molar-refractivity contribution is 7.99. The van der Waals surface area contributed by atoms with Crippen LogP contribution in [0.2, 0.25) is 0 Å². The van der Waals surface area contributed by atoms with E-state index in [9.17, 15) is 9.59 Å². The molecular weight excluding hydrogens is 418 g/mol. The first-order valence-electron chi connectivity index (χ1n) is 11.1. The number of para-hydroxylation sites is 1. The molecule has 1 N–H and O–H groups in total. The summed E-state index contributed by atoms with van der Waals surface area (Å²) in [6, 6.07) is 21.3. The molecule has 0 unspecified atom stereocenters. The summed E-state index contributed by atoms with van der Waals surface area (Å²) in [4.78, 5) is 30.4. The largest absolute Gasteiger partial charge is 0.325 e. The molecule has 5 nitrogen and oxygen atoms in total. The first kappa shape index (κ1) is 22.1. The standard InChI is InChI=1S/C26H27N3O2S/c1-2-3-4-9-16-29-25(31)22-12-7-8-13-23(22)28-26(29)32-18-24(30)27-21-15-14-19-10-5-6-11-20(19)17-21/h5-8,10-15,17H,2-4,9,16,18H2,1H3,(H,27,30).